The summed E-state index contributed by atoms with van der Waals surface area (Å²) in [7, 11) is 0. The van der Waals surface area contributed by atoms with Gasteiger partial charge < -0.3 is 10.6 Å². The van der Waals surface area contributed by atoms with E-state index < -0.39 is 11.6 Å². The van der Waals surface area contributed by atoms with Crippen molar-refractivity contribution in [1.29, 1.82) is 0 Å². The average molecular weight is 374 g/mol. The van der Waals surface area contributed by atoms with Crippen LogP contribution >= 0.6 is 0 Å². The molecule has 0 bridgehead atoms. The Hall–Kier alpha value is -2.76. The smallest absolute Gasteiger partial charge is 0.251 e. The zero-order valence-corrected chi connectivity index (χ0v) is 15.5. The molecule has 0 saturated carbocycles. The number of amides is 2. The molecule has 0 saturated heterocycles. The first-order valence-electron chi connectivity index (χ1n) is 8.99. The second-order valence-corrected chi connectivity index (χ2v) is 6.50. The van der Waals surface area contributed by atoms with Crippen LogP contribution in [0.5, 0.6) is 0 Å². The highest BCUT2D eigenvalue weighted by atomic mass is 19.1. The van der Waals surface area contributed by atoms with Crippen molar-refractivity contribution in [3.63, 3.8) is 0 Å². The molecule has 0 radical (unpaired) electrons. The molecule has 27 heavy (non-hydrogen) atoms. The molecule has 0 aliphatic carbocycles. The summed E-state index contributed by atoms with van der Waals surface area (Å²) in [5, 5.41) is 5.63. The van der Waals surface area contributed by atoms with E-state index in [2.05, 4.69) is 10.6 Å². The first kappa shape index (κ1) is 20.6. The summed E-state index contributed by atoms with van der Waals surface area (Å²) in [5.41, 5.74) is 1.50. The summed E-state index contributed by atoms with van der Waals surface area (Å²) in [6, 6.07) is 10.3. The summed E-state index contributed by atoms with van der Waals surface area (Å²) in [6.07, 6.45) is 1.01. The maximum Gasteiger partial charge on any atom is 0.251 e. The van der Waals surface area contributed by atoms with E-state index >= 15 is 0 Å². The van der Waals surface area contributed by atoms with Crippen molar-refractivity contribution in [2.24, 2.45) is 0 Å². The fourth-order valence-electron chi connectivity index (χ4n) is 2.50. The number of halogens is 2. The molecule has 1 atom stereocenters. The first-order chi connectivity index (χ1) is 12.9. The predicted molar refractivity (Wildman–Crippen MR) is 100 cm³/mol. The molecular formula is C21H24F2N2O2. The maximum atomic E-state index is 13.6. The Labute approximate surface area is 158 Å². The zero-order chi connectivity index (χ0) is 19.8. The fourth-order valence-corrected chi connectivity index (χ4v) is 2.50. The van der Waals surface area contributed by atoms with Crippen molar-refractivity contribution in [1.82, 2.24) is 10.6 Å². The number of hydrogen-bond acceptors (Lipinski definition) is 2. The van der Waals surface area contributed by atoms with Crippen LogP contribution in [0.2, 0.25) is 0 Å². The molecule has 0 heterocycles. The number of aryl methyl sites for hydroxylation is 1. The number of rotatable bonds is 8. The Morgan fingerprint density at radius 3 is 2.63 bits per heavy atom. The standard InChI is InChI=1S/C21H24F2N2O2/c1-3-14(2)25-21(27)17-6-4-5-15(11-17)13-24-20(26)10-7-16-12-18(22)8-9-19(16)23/h4-6,8-9,11-12,14H,3,7,10,13H2,1-2H3,(H,24,26)(H,25,27). The van der Waals surface area contributed by atoms with Gasteiger partial charge in [-0.05, 0) is 61.2 Å². The monoisotopic (exact) mass is 374 g/mol. The minimum absolute atomic E-state index is 0.0502. The Morgan fingerprint density at radius 2 is 1.89 bits per heavy atom. The van der Waals surface area contributed by atoms with Crippen LogP contribution in [-0.2, 0) is 17.8 Å². The largest absolute Gasteiger partial charge is 0.352 e. The molecule has 2 aromatic rings. The Kier molecular flexibility index (Phi) is 7.46. The molecule has 0 aliphatic rings. The summed E-state index contributed by atoms with van der Waals surface area (Å²) >= 11 is 0. The van der Waals surface area contributed by atoms with Gasteiger partial charge in [0.1, 0.15) is 11.6 Å². The third kappa shape index (κ3) is 6.47. The van der Waals surface area contributed by atoms with E-state index in [0.29, 0.717) is 5.56 Å². The molecular weight excluding hydrogens is 350 g/mol. The molecule has 2 N–H and O–H groups in total. The average Bonchev–Trinajstić information content (AvgIpc) is 2.67. The molecule has 6 heteroatoms. The van der Waals surface area contributed by atoms with Crippen molar-refractivity contribution in [3.05, 3.63) is 70.8 Å². The molecule has 2 amide bonds. The van der Waals surface area contributed by atoms with Crippen LogP contribution in [0, 0.1) is 11.6 Å². The van der Waals surface area contributed by atoms with E-state index in [1.54, 1.807) is 18.2 Å². The number of hydrogen-bond donors (Lipinski definition) is 2. The molecule has 144 valence electrons. The van der Waals surface area contributed by atoms with Crippen molar-refractivity contribution < 1.29 is 18.4 Å². The fraction of sp³-hybridized carbons (Fsp3) is 0.333. The summed E-state index contributed by atoms with van der Waals surface area (Å²) in [6.45, 7) is 4.19. The second kappa shape index (κ2) is 9.80. The van der Waals surface area contributed by atoms with E-state index in [9.17, 15) is 18.4 Å². The summed E-state index contributed by atoms with van der Waals surface area (Å²) in [5.74, 6) is -1.48. The van der Waals surface area contributed by atoms with Gasteiger partial charge in [-0.3, -0.25) is 9.59 Å². The van der Waals surface area contributed by atoms with Crippen LogP contribution in [0.4, 0.5) is 8.78 Å². The van der Waals surface area contributed by atoms with E-state index in [1.165, 1.54) is 0 Å². The van der Waals surface area contributed by atoms with Crippen molar-refractivity contribution in [2.75, 3.05) is 0 Å². The van der Waals surface area contributed by atoms with Crippen molar-refractivity contribution in [2.45, 2.75) is 45.7 Å². The van der Waals surface area contributed by atoms with Gasteiger partial charge >= 0.3 is 0 Å². The first-order valence-corrected chi connectivity index (χ1v) is 8.99. The van der Waals surface area contributed by atoms with Gasteiger partial charge in [-0.25, -0.2) is 8.78 Å². The summed E-state index contributed by atoms with van der Waals surface area (Å²) in [4.78, 5) is 24.1. The molecule has 2 rings (SSSR count). The topological polar surface area (TPSA) is 58.2 Å². The van der Waals surface area contributed by atoms with E-state index in [4.69, 9.17) is 0 Å². The quantitative estimate of drug-likeness (QED) is 0.739. The lowest BCUT2D eigenvalue weighted by atomic mass is 10.1. The number of carbonyl (C=O) groups excluding carboxylic acids is 2. The summed E-state index contributed by atoms with van der Waals surface area (Å²) < 4.78 is 26.7. The van der Waals surface area contributed by atoms with Crippen molar-refractivity contribution >= 4 is 11.8 Å². The number of carbonyl (C=O) groups is 2. The molecule has 0 spiro atoms. The van der Waals surface area contributed by atoms with Gasteiger partial charge in [0.25, 0.3) is 5.91 Å². The van der Waals surface area contributed by atoms with Crippen molar-refractivity contribution in [3.8, 4) is 0 Å². The van der Waals surface area contributed by atoms with E-state index in [0.717, 1.165) is 30.2 Å². The minimum Gasteiger partial charge on any atom is -0.352 e. The lowest BCUT2D eigenvalue weighted by Gasteiger charge is -2.12. The molecule has 0 aromatic heterocycles. The molecule has 1 unspecified atom stereocenters. The normalized spacial score (nSPS) is 11.7. The highest BCUT2D eigenvalue weighted by Gasteiger charge is 2.10. The van der Waals surface area contributed by atoms with Gasteiger partial charge in [0.05, 0.1) is 0 Å². The second-order valence-electron chi connectivity index (χ2n) is 6.50. The highest BCUT2D eigenvalue weighted by Crippen LogP contribution is 2.12. The van der Waals surface area contributed by atoms with Gasteiger partial charge in [-0.1, -0.05) is 19.1 Å². The van der Waals surface area contributed by atoms with Crippen LogP contribution < -0.4 is 10.6 Å². The predicted octanol–water partition coefficient (Wildman–Crippen LogP) is 3.74. The third-order valence-electron chi connectivity index (χ3n) is 4.30. The number of benzene rings is 2. The van der Waals surface area contributed by atoms with Gasteiger partial charge in [-0.2, -0.15) is 0 Å². The molecule has 4 nitrogen and oxygen atoms in total. The third-order valence-corrected chi connectivity index (χ3v) is 4.30. The zero-order valence-electron chi connectivity index (χ0n) is 15.5. The van der Waals surface area contributed by atoms with Crippen LogP contribution in [0.15, 0.2) is 42.5 Å². The highest BCUT2D eigenvalue weighted by molar-refractivity contribution is 5.94. The molecule has 2 aromatic carbocycles. The van der Waals surface area contributed by atoms with Gasteiger partial charge in [0.2, 0.25) is 5.91 Å². The Bertz CT molecular complexity index is 809. The van der Waals surface area contributed by atoms with Gasteiger partial charge in [-0.15, -0.1) is 0 Å². The van der Waals surface area contributed by atoms with Gasteiger partial charge in [0.15, 0.2) is 0 Å². The Balaban J connectivity index is 1.87. The Morgan fingerprint density at radius 1 is 1.11 bits per heavy atom. The van der Waals surface area contributed by atoms with E-state index in [1.807, 2.05) is 19.9 Å². The molecule has 0 fully saturated rings. The number of nitrogens with one attached hydrogen (secondary N) is 2. The van der Waals surface area contributed by atoms with Gasteiger partial charge in [0, 0.05) is 24.6 Å². The maximum absolute atomic E-state index is 13.6. The van der Waals surface area contributed by atoms with Crippen LogP contribution in [-0.4, -0.2) is 17.9 Å². The lowest BCUT2D eigenvalue weighted by molar-refractivity contribution is -0.121. The molecule has 0 aliphatic heterocycles. The minimum atomic E-state index is -0.528. The van der Waals surface area contributed by atoms with E-state index in [-0.39, 0.29) is 42.8 Å². The van der Waals surface area contributed by atoms with Crippen LogP contribution in [0.3, 0.4) is 0 Å². The SMILES string of the molecule is CCC(C)NC(=O)c1cccc(CNC(=O)CCc2cc(F)ccc2F)c1. The van der Waals surface area contributed by atoms with Crippen LogP contribution in [0.25, 0.3) is 0 Å². The lowest BCUT2D eigenvalue weighted by Crippen LogP contribution is -2.32. The van der Waals surface area contributed by atoms with Crippen LogP contribution in [0.1, 0.15) is 48.2 Å².